The van der Waals surface area contributed by atoms with Crippen LogP contribution in [0.2, 0.25) is 0 Å². The Kier molecular flexibility index (Phi) is 3.77. The van der Waals surface area contributed by atoms with Gasteiger partial charge in [-0.1, -0.05) is 11.8 Å². The van der Waals surface area contributed by atoms with Crippen LogP contribution in [0.1, 0.15) is 6.04 Å². The van der Waals surface area contributed by atoms with Crippen LogP contribution in [0, 0.1) is 10.1 Å². The first-order valence-corrected chi connectivity index (χ1v) is 9.06. The van der Waals surface area contributed by atoms with Crippen molar-refractivity contribution in [3.63, 3.8) is 0 Å². The van der Waals surface area contributed by atoms with Gasteiger partial charge in [0.05, 0.1) is 17.2 Å². The SMILES string of the molecule is O=c1nc2n(c3[nH]ncc13)C(CSc1ccc([N+](=O)[O-])cc1)CS2. The van der Waals surface area contributed by atoms with Gasteiger partial charge in [-0.2, -0.15) is 10.1 Å². The maximum Gasteiger partial charge on any atom is 0.284 e. The summed E-state index contributed by atoms with van der Waals surface area (Å²) < 4.78 is 2.02. The lowest BCUT2D eigenvalue weighted by Crippen LogP contribution is -2.17. The molecule has 1 unspecified atom stereocenters. The zero-order chi connectivity index (χ0) is 16.7. The summed E-state index contributed by atoms with van der Waals surface area (Å²) in [6.45, 7) is 0. The zero-order valence-electron chi connectivity index (χ0n) is 12.2. The molecular weight excluding hydrogens is 350 g/mol. The summed E-state index contributed by atoms with van der Waals surface area (Å²) in [5.41, 5.74) is 0.521. The Bertz CT molecular complexity index is 982. The molecule has 0 fully saturated rings. The number of aromatic amines is 1. The minimum absolute atomic E-state index is 0.0850. The molecule has 122 valence electrons. The highest BCUT2D eigenvalue weighted by atomic mass is 32.2. The Morgan fingerprint density at radius 1 is 1.42 bits per heavy atom. The molecule has 1 N–H and O–H groups in total. The molecule has 1 aromatic carbocycles. The number of benzene rings is 1. The number of H-pyrrole nitrogens is 1. The van der Waals surface area contributed by atoms with E-state index < -0.39 is 4.92 Å². The van der Waals surface area contributed by atoms with Gasteiger partial charge in [0.25, 0.3) is 11.2 Å². The second-order valence-corrected chi connectivity index (χ2v) is 7.31. The molecule has 0 saturated heterocycles. The number of nitrogens with zero attached hydrogens (tertiary/aromatic N) is 4. The lowest BCUT2D eigenvalue weighted by molar-refractivity contribution is -0.384. The predicted molar refractivity (Wildman–Crippen MR) is 91.7 cm³/mol. The van der Waals surface area contributed by atoms with Crippen molar-refractivity contribution in [3.8, 4) is 0 Å². The number of aromatic nitrogens is 4. The standard InChI is InChI=1S/C14H11N5O3S2/c20-13-11-5-15-17-12(11)18-9(7-24-14(18)16-13)6-23-10-3-1-8(2-4-10)19(21)22/h1-5,9H,6-7H2,(H,15,17). The minimum atomic E-state index is -0.407. The molecule has 0 amide bonds. The Labute approximate surface area is 143 Å². The first-order valence-electron chi connectivity index (χ1n) is 7.09. The van der Waals surface area contributed by atoms with E-state index in [4.69, 9.17) is 0 Å². The largest absolute Gasteiger partial charge is 0.300 e. The van der Waals surface area contributed by atoms with E-state index in [1.54, 1.807) is 35.7 Å². The molecule has 24 heavy (non-hydrogen) atoms. The number of non-ortho nitro benzene ring substituents is 1. The Balaban J connectivity index is 1.57. The van der Waals surface area contributed by atoms with Crippen molar-refractivity contribution in [2.24, 2.45) is 0 Å². The minimum Gasteiger partial charge on any atom is -0.300 e. The second-order valence-electron chi connectivity index (χ2n) is 5.23. The van der Waals surface area contributed by atoms with Crippen molar-refractivity contribution in [2.75, 3.05) is 11.5 Å². The van der Waals surface area contributed by atoms with Crippen molar-refractivity contribution >= 4 is 40.2 Å². The third kappa shape index (κ3) is 2.57. The molecule has 3 aromatic rings. The van der Waals surface area contributed by atoms with Crippen LogP contribution < -0.4 is 5.56 Å². The summed E-state index contributed by atoms with van der Waals surface area (Å²) in [4.78, 5) is 27.3. The van der Waals surface area contributed by atoms with E-state index in [0.29, 0.717) is 16.2 Å². The number of hydrogen-bond acceptors (Lipinski definition) is 7. The van der Waals surface area contributed by atoms with Crippen LogP contribution in [0.15, 0.2) is 45.3 Å². The molecule has 0 aliphatic carbocycles. The third-order valence-electron chi connectivity index (χ3n) is 3.75. The van der Waals surface area contributed by atoms with Crippen molar-refractivity contribution in [1.29, 1.82) is 0 Å². The highest BCUT2D eigenvalue weighted by Crippen LogP contribution is 2.36. The lowest BCUT2D eigenvalue weighted by Gasteiger charge is -2.14. The van der Waals surface area contributed by atoms with Crippen LogP contribution in [-0.4, -0.2) is 36.2 Å². The molecule has 1 aliphatic rings. The molecule has 0 saturated carbocycles. The summed E-state index contributed by atoms with van der Waals surface area (Å²) in [6.07, 6.45) is 1.50. The highest BCUT2D eigenvalue weighted by Gasteiger charge is 2.27. The van der Waals surface area contributed by atoms with Crippen LogP contribution in [-0.2, 0) is 0 Å². The van der Waals surface area contributed by atoms with E-state index >= 15 is 0 Å². The second kappa shape index (κ2) is 5.95. The monoisotopic (exact) mass is 361 g/mol. The number of rotatable bonds is 4. The Morgan fingerprint density at radius 3 is 2.96 bits per heavy atom. The van der Waals surface area contributed by atoms with Crippen LogP contribution in [0.5, 0.6) is 0 Å². The van der Waals surface area contributed by atoms with Crippen LogP contribution in [0.4, 0.5) is 5.69 Å². The summed E-state index contributed by atoms with van der Waals surface area (Å²) >= 11 is 3.17. The Hall–Kier alpha value is -2.33. The van der Waals surface area contributed by atoms with E-state index in [-0.39, 0.29) is 17.3 Å². The third-order valence-corrected chi connectivity index (χ3v) is 6.01. The van der Waals surface area contributed by atoms with Gasteiger partial charge in [0.15, 0.2) is 5.16 Å². The average molecular weight is 361 g/mol. The number of hydrogen-bond donors (Lipinski definition) is 1. The summed E-state index contributed by atoms with van der Waals surface area (Å²) in [5, 5.41) is 18.7. The lowest BCUT2D eigenvalue weighted by atomic mass is 10.3. The summed E-state index contributed by atoms with van der Waals surface area (Å²) in [6, 6.07) is 6.68. The van der Waals surface area contributed by atoms with Crippen LogP contribution in [0.25, 0.3) is 11.0 Å². The van der Waals surface area contributed by atoms with Crippen molar-refractivity contribution in [3.05, 3.63) is 50.9 Å². The summed E-state index contributed by atoms with van der Waals surface area (Å²) in [5.74, 6) is 1.60. The molecule has 1 atom stereocenters. The maximum atomic E-state index is 11.9. The van der Waals surface area contributed by atoms with Gasteiger partial charge in [-0.05, 0) is 12.1 Å². The van der Waals surface area contributed by atoms with E-state index in [9.17, 15) is 14.9 Å². The Morgan fingerprint density at radius 2 is 2.21 bits per heavy atom. The number of fused-ring (bicyclic) bond motifs is 3. The molecular formula is C14H11N5O3S2. The molecule has 0 radical (unpaired) electrons. The van der Waals surface area contributed by atoms with Gasteiger partial charge >= 0.3 is 0 Å². The fourth-order valence-corrected chi connectivity index (χ4v) is 4.85. The molecule has 4 rings (SSSR count). The van der Waals surface area contributed by atoms with E-state index in [1.807, 2.05) is 4.57 Å². The van der Waals surface area contributed by atoms with Gasteiger partial charge in [0, 0.05) is 28.5 Å². The molecule has 2 aromatic heterocycles. The molecule has 3 heterocycles. The van der Waals surface area contributed by atoms with E-state index in [1.165, 1.54) is 18.3 Å². The normalized spacial score (nSPS) is 16.4. The number of nitro benzene ring substituents is 1. The van der Waals surface area contributed by atoms with Crippen LogP contribution >= 0.6 is 23.5 Å². The van der Waals surface area contributed by atoms with Gasteiger partial charge in [-0.3, -0.25) is 20.0 Å². The number of nitrogens with one attached hydrogen (secondary N) is 1. The summed E-state index contributed by atoms with van der Waals surface area (Å²) in [7, 11) is 0. The smallest absolute Gasteiger partial charge is 0.284 e. The topological polar surface area (TPSA) is 107 Å². The fourth-order valence-electron chi connectivity index (χ4n) is 2.58. The molecule has 0 bridgehead atoms. The van der Waals surface area contributed by atoms with Gasteiger partial charge in [0.1, 0.15) is 11.0 Å². The van der Waals surface area contributed by atoms with Crippen LogP contribution in [0.3, 0.4) is 0 Å². The predicted octanol–water partition coefficient (Wildman–Crippen LogP) is 2.47. The van der Waals surface area contributed by atoms with Crippen molar-refractivity contribution in [1.82, 2.24) is 19.7 Å². The molecule has 0 spiro atoms. The number of thioether (sulfide) groups is 2. The van der Waals surface area contributed by atoms with Crippen molar-refractivity contribution < 1.29 is 4.92 Å². The zero-order valence-corrected chi connectivity index (χ0v) is 13.8. The maximum absolute atomic E-state index is 11.9. The quantitative estimate of drug-likeness (QED) is 0.329. The first-order chi connectivity index (χ1) is 11.6. The van der Waals surface area contributed by atoms with Gasteiger partial charge in [-0.25, -0.2) is 0 Å². The fraction of sp³-hybridized carbons (Fsp3) is 0.214. The van der Waals surface area contributed by atoms with Gasteiger partial charge in [-0.15, -0.1) is 11.8 Å². The van der Waals surface area contributed by atoms with Gasteiger partial charge in [0.2, 0.25) is 0 Å². The molecule has 8 nitrogen and oxygen atoms in total. The average Bonchev–Trinajstić information content (AvgIpc) is 3.20. The van der Waals surface area contributed by atoms with Gasteiger partial charge < -0.3 is 4.57 Å². The molecule has 10 heteroatoms. The van der Waals surface area contributed by atoms with E-state index in [2.05, 4.69) is 15.2 Å². The number of nitro groups is 1. The first kappa shape index (κ1) is 15.2. The van der Waals surface area contributed by atoms with Crippen molar-refractivity contribution in [2.45, 2.75) is 16.1 Å². The molecule has 1 aliphatic heterocycles. The highest BCUT2D eigenvalue weighted by molar-refractivity contribution is 8.00. The van der Waals surface area contributed by atoms with E-state index in [0.717, 1.165) is 16.4 Å².